The molecule has 5 nitrogen and oxygen atoms in total. The topological polar surface area (TPSA) is 61.8 Å². The van der Waals surface area contributed by atoms with Crippen LogP contribution >= 0.6 is 0 Å². The molecule has 136 valence electrons. The third kappa shape index (κ3) is 3.77. The Morgan fingerprint density at radius 2 is 1.23 bits per heavy atom. The van der Waals surface area contributed by atoms with Gasteiger partial charge in [-0.05, 0) is 48.2 Å². The minimum Gasteiger partial charge on any atom is -0.497 e. The zero-order valence-electron chi connectivity index (χ0n) is 15.6. The Balaban J connectivity index is 2.87. The van der Waals surface area contributed by atoms with Crippen molar-refractivity contribution in [2.24, 2.45) is 0 Å². The molecule has 0 N–H and O–H groups in total. The second-order valence-electron chi connectivity index (χ2n) is 5.73. The van der Waals surface area contributed by atoms with Crippen molar-refractivity contribution in [1.82, 2.24) is 0 Å². The normalized spacial score (nSPS) is 11.4. The van der Waals surface area contributed by atoms with Gasteiger partial charge < -0.3 is 14.2 Å². The predicted octanol–water partition coefficient (Wildman–Crippen LogP) is 3.57. The number of benzene rings is 2. The Labute approximate surface area is 153 Å². The van der Waals surface area contributed by atoms with E-state index in [1.807, 2.05) is 32.0 Å². The molecule has 0 aromatic heterocycles. The van der Waals surface area contributed by atoms with Gasteiger partial charge in [0.05, 0.1) is 32.5 Å². The van der Waals surface area contributed by atoms with Crippen LogP contribution in [-0.2, 0) is 19.1 Å². The van der Waals surface area contributed by atoms with Gasteiger partial charge in [0, 0.05) is 0 Å². The SMILES string of the molecule is COC(=O)/C(=C(\C(=O)OC)c1c(C)cccc1C)c1ccc(OC)cc1. The lowest BCUT2D eigenvalue weighted by Gasteiger charge is -2.17. The summed E-state index contributed by atoms with van der Waals surface area (Å²) in [7, 11) is 4.13. The molecule has 0 saturated heterocycles. The summed E-state index contributed by atoms with van der Waals surface area (Å²) in [6.07, 6.45) is 0. The van der Waals surface area contributed by atoms with E-state index in [-0.39, 0.29) is 11.1 Å². The number of ether oxygens (including phenoxy) is 3. The summed E-state index contributed by atoms with van der Waals surface area (Å²) in [6.45, 7) is 3.77. The summed E-state index contributed by atoms with van der Waals surface area (Å²) in [5.74, 6) is -0.568. The van der Waals surface area contributed by atoms with Crippen molar-refractivity contribution in [3.05, 3.63) is 64.7 Å². The van der Waals surface area contributed by atoms with Gasteiger partial charge in [0.1, 0.15) is 5.75 Å². The predicted molar refractivity (Wildman–Crippen MR) is 99.8 cm³/mol. The monoisotopic (exact) mass is 354 g/mol. The number of hydrogen-bond acceptors (Lipinski definition) is 5. The lowest BCUT2D eigenvalue weighted by Crippen LogP contribution is -2.15. The van der Waals surface area contributed by atoms with Crippen molar-refractivity contribution in [3.63, 3.8) is 0 Å². The first-order valence-electron chi connectivity index (χ1n) is 8.06. The van der Waals surface area contributed by atoms with Gasteiger partial charge in [-0.3, -0.25) is 0 Å². The van der Waals surface area contributed by atoms with Crippen molar-refractivity contribution in [3.8, 4) is 5.75 Å². The van der Waals surface area contributed by atoms with Gasteiger partial charge in [-0.2, -0.15) is 0 Å². The lowest BCUT2D eigenvalue weighted by atomic mass is 9.89. The third-order valence-electron chi connectivity index (χ3n) is 4.14. The van der Waals surface area contributed by atoms with Crippen LogP contribution in [0.4, 0.5) is 0 Å². The standard InChI is InChI=1S/C21H22O5/c1-13-7-6-8-14(2)17(13)19(21(23)26-5)18(20(22)25-4)15-9-11-16(24-3)12-10-15/h6-12H,1-5H3/b19-18-. The summed E-state index contributed by atoms with van der Waals surface area (Å²) in [4.78, 5) is 25.3. The highest BCUT2D eigenvalue weighted by Crippen LogP contribution is 2.33. The third-order valence-corrected chi connectivity index (χ3v) is 4.14. The molecule has 0 radical (unpaired) electrons. The zero-order valence-corrected chi connectivity index (χ0v) is 15.6. The molecular formula is C21H22O5. The molecule has 0 spiro atoms. The van der Waals surface area contributed by atoms with E-state index >= 15 is 0 Å². The number of rotatable bonds is 5. The molecule has 2 rings (SSSR count). The Morgan fingerprint density at radius 1 is 0.731 bits per heavy atom. The summed E-state index contributed by atoms with van der Waals surface area (Å²) >= 11 is 0. The van der Waals surface area contributed by atoms with Crippen LogP contribution in [0.5, 0.6) is 5.75 Å². The molecule has 0 heterocycles. The van der Waals surface area contributed by atoms with Crippen LogP contribution < -0.4 is 4.74 Å². The molecule has 5 heteroatoms. The van der Waals surface area contributed by atoms with Crippen molar-refractivity contribution < 1.29 is 23.8 Å². The fraction of sp³-hybridized carbons (Fsp3) is 0.238. The highest BCUT2D eigenvalue weighted by atomic mass is 16.5. The maximum absolute atomic E-state index is 12.7. The van der Waals surface area contributed by atoms with Gasteiger partial charge in [0.15, 0.2) is 0 Å². The molecule has 0 aliphatic carbocycles. The first kappa shape index (κ1) is 19.2. The summed E-state index contributed by atoms with van der Waals surface area (Å²) in [5.41, 5.74) is 3.26. The Bertz CT molecular complexity index is 827. The van der Waals surface area contributed by atoms with Gasteiger partial charge in [-0.15, -0.1) is 0 Å². The van der Waals surface area contributed by atoms with E-state index < -0.39 is 11.9 Å². The van der Waals surface area contributed by atoms with Crippen molar-refractivity contribution >= 4 is 23.1 Å². The average Bonchev–Trinajstić information content (AvgIpc) is 2.66. The fourth-order valence-corrected chi connectivity index (χ4v) is 2.86. The highest BCUT2D eigenvalue weighted by molar-refractivity contribution is 6.37. The molecule has 0 aliphatic rings. The van der Waals surface area contributed by atoms with E-state index in [1.54, 1.807) is 31.4 Å². The van der Waals surface area contributed by atoms with Gasteiger partial charge in [-0.1, -0.05) is 30.3 Å². The molecule has 0 saturated carbocycles. The molecule has 0 fully saturated rings. The maximum atomic E-state index is 12.7. The molecule has 0 aliphatic heterocycles. The fourth-order valence-electron chi connectivity index (χ4n) is 2.86. The number of methoxy groups -OCH3 is 3. The Kier molecular flexibility index (Phi) is 6.17. The number of esters is 2. The van der Waals surface area contributed by atoms with Crippen LogP contribution in [0, 0.1) is 13.8 Å². The Hall–Kier alpha value is -3.08. The largest absolute Gasteiger partial charge is 0.497 e. The minimum absolute atomic E-state index is 0.152. The maximum Gasteiger partial charge on any atom is 0.339 e. The van der Waals surface area contributed by atoms with Gasteiger partial charge in [0.2, 0.25) is 0 Å². The van der Waals surface area contributed by atoms with Crippen molar-refractivity contribution in [2.75, 3.05) is 21.3 Å². The molecule has 2 aromatic rings. The van der Waals surface area contributed by atoms with Crippen molar-refractivity contribution in [1.29, 1.82) is 0 Å². The molecule has 2 aromatic carbocycles. The second kappa shape index (κ2) is 8.34. The Morgan fingerprint density at radius 3 is 1.69 bits per heavy atom. The van der Waals surface area contributed by atoms with Crippen LogP contribution in [0.2, 0.25) is 0 Å². The van der Waals surface area contributed by atoms with Crippen LogP contribution in [0.3, 0.4) is 0 Å². The average molecular weight is 354 g/mol. The molecule has 0 unspecified atom stereocenters. The zero-order chi connectivity index (χ0) is 19.3. The first-order valence-corrected chi connectivity index (χ1v) is 8.06. The van der Waals surface area contributed by atoms with Crippen LogP contribution in [0.1, 0.15) is 22.3 Å². The van der Waals surface area contributed by atoms with E-state index in [2.05, 4.69) is 0 Å². The summed E-state index contributed by atoms with van der Waals surface area (Å²) in [6, 6.07) is 12.5. The molecule has 0 atom stereocenters. The summed E-state index contributed by atoms with van der Waals surface area (Å²) < 4.78 is 15.1. The first-order chi connectivity index (χ1) is 12.4. The van der Waals surface area contributed by atoms with Crippen LogP contribution in [0.15, 0.2) is 42.5 Å². The summed E-state index contributed by atoms with van der Waals surface area (Å²) in [5, 5.41) is 0. The van der Waals surface area contributed by atoms with E-state index in [1.165, 1.54) is 14.2 Å². The molecule has 0 bridgehead atoms. The number of aryl methyl sites for hydroxylation is 2. The lowest BCUT2D eigenvalue weighted by molar-refractivity contribution is -0.135. The number of carbonyl (C=O) groups excluding carboxylic acids is 2. The van der Waals surface area contributed by atoms with E-state index in [4.69, 9.17) is 14.2 Å². The quantitative estimate of drug-likeness (QED) is 0.467. The highest BCUT2D eigenvalue weighted by Gasteiger charge is 2.27. The molecular weight excluding hydrogens is 332 g/mol. The van der Waals surface area contributed by atoms with Gasteiger partial charge in [0.25, 0.3) is 0 Å². The number of carbonyl (C=O) groups is 2. The molecule has 26 heavy (non-hydrogen) atoms. The van der Waals surface area contributed by atoms with Crippen molar-refractivity contribution in [2.45, 2.75) is 13.8 Å². The number of hydrogen-bond donors (Lipinski definition) is 0. The van der Waals surface area contributed by atoms with E-state index in [0.29, 0.717) is 16.9 Å². The van der Waals surface area contributed by atoms with Gasteiger partial charge >= 0.3 is 11.9 Å². The van der Waals surface area contributed by atoms with Gasteiger partial charge in [-0.25, -0.2) is 9.59 Å². The van der Waals surface area contributed by atoms with Crippen LogP contribution in [-0.4, -0.2) is 33.3 Å². The minimum atomic E-state index is -0.613. The molecule has 0 amide bonds. The van der Waals surface area contributed by atoms with Crippen LogP contribution in [0.25, 0.3) is 11.1 Å². The van der Waals surface area contributed by atoms with E-state index in [0.717, 1.165) is 11.1 Å². The van der Waals surface area contributed by atoms with E-state index in [9.17, 15) is 9.59 Å². The second-order valence-corrected chi connectivity index (χ2v) is 5.73. The smallest absolute Gasteiger partial charge is 0.339 e.